The van der Waals surface area contributed by atoms with Gasteiger partial charge in [-0.2, -0.15) is 0 Å². The number of aryl methyl sites for hydroxylation is 1. The Balaban J connectivity index is 1.64. The molecular weight excluding hydrogens is 296 g/mol. The lowest BCUT2D eigenvalue weighted by Gasteiger charge is -2.20. The summed E-state index contributed by atoms with van der Waals surface area (Å²) in [6, 6.07) is 10.4. The van der Waals surface area contributed by atoms with Crippen molar-refractivity contribution >= 4 is 23.7 Å². The molecule has 0 fully saturated rings. The Morgan fingerprint density at radius 2 is 2.09 bits per heavy atom. The van der Waals surface area contributed by atoms with Gasteiger partial charge in [-0.05, 0) is 42.0 Å². The molecule has 1 amide bonds. The normalized spacial score (nSPS) is 16.4. The van der Waals surface area contributed by atoms with Crippen molar-refractivity contribution in [2.45, 2.75) is 12.8 Å². The van der Waals surface area contributed by atoms with Crippen LogP contribution in [0, 0.1) is 0 Å². The minimum Gasteiger partial charge on any atom is -0.369 e. The molecule has 0 spiro atoms. The molecule has 0 aromatic heterocycles. The molecule has 5 nitrogen and oxygen atoms in total. The minimum absolute atomic E-state index is 0.247. The van der Waals surface area contributed by atoms with Crippen molar-refractivity contribution in [3.63, 3.8) is 0 Å². The van der Waals surface area contributed by atoms with Gasteiger partial charge in [-0.3, -0.25) is 4.79 Å². The van der Waals surface area contributed by atoms with Gasteiger partial charge < -0.3 is 10.6 Å². The van der Waals surface area contributed by atoms with Crippen LogP contribution in [0.1, 0.15) is 12.0 Å². The Morgan fingerprint density at radius 3 is 2.86 bits per heavy atom. The molecule has 0 saturated heterocycles. The predicted octanol–water partition coefficient (Wildman–Crippen LogP) is 2.10. The summed E-state index contributed by atoms with van der Waals surface area (Å²) in [5, 5.41) is 4.59. The number of amides is 1. The van der Waals surface area contributed by atoms with Gasteiger partial charge in [0.15, 0.2) is 5.84 Å². The Kier molecular flexibility index (Phi) is 4.48. The van der Waals surface area contributed by atoms with E-state index in [-0.39, 0.29) is 11.7 Å². The van der Waals surface area contributed by atoms with Gasteiger partial charge in [0.2, 0.25) is 5.91 Å². The highest BCUT2D eigenvalue weighted by atomic mass is 32.2. The number of hydrogen-bond donors (Lipinski definition) is 1. The summed E-state index contributed by atoms with van der Waals surface area (Å²) in [7, 11) is 0. The highest BCUT2D eigenvalue weighted by molar-refractivity contribution is 7.97. The lowest BCUT2D eigenvalue weighted by atomic mass is 10.0. The molecule has 0 bridgehead atoms. The molecule has 22 heavy (non-hydrogen) atoms. The van der Waals surface area contributed by atoms with Crippen LogP contribution in [0.15, 0.2) is 59.4 Å². The molecule has 1 aromatic rings. The zero-order valence-corrected chi connectivity index (χ0v) is 13.0. The standard InChI is InChI=1S/C16H18N4OS/c17-15(21)11-22-20-12-19-10-4-7-14(16(19)18-20)9-8-13-5-2-1-3-6-13/h1-7,10H,8-9,11-12H2,(H2,17,21). The summed E-state index contributed by atoms with van der Waals surface area (Å²) < 4.78 is 1.81. The molecule has 2 N–H and O–H groups in total. The summed E-state index contributed by atoms with van der Waals surface area (Å²) in [6.07, 6.45) is 8.09. The molecule has 3 rings (SSSR count). The number of nitrogens with zero attached hydrogens (tertiary/aromatic N) is 3. The Bertz CT molecular complexity index is 639. The zero-order valence-electron chi connectivity index (χ0n) is 12.2. The van der Waals surface area contributed by atoms with E-state index in [1.54, 1.807) is 0 Å². The molecule has 6 heteroatoms. The Hall–Kier alpha value is -2.21. The number of benzene rings is 1. The van der Waals surface area contributed by atoms with E-state index in [4.69, 9.17) is 5.73 Å². The Morgan fingerprint density at radius 1 is 1.27 bits per heavy atom. The number of carbonyl (C=O) groups excluding carboxylic acids is 1. The van der Waals surface area contributed by atoms with Gasteiger partial charge in [0.25, 0.3) is 0 Å². The number of rotatable bonds is 6. The third kappa shape index (κ3) is 3.51. The maximum Gasteiger partial charge on any atom is 0.229 e. The van der Waals surface area contributed by atoms with Crippen LogP contribution >= 0.6 is 11.9 Å². The van der Waals surface area contributed by atoms with Crippen LogP contribution in [-0.2, 0) is 11.2 Å². The van der Waals surface area contributed by atoms with Gasteiger partial charge in [0, 0.05) is 6.20 Å². The second-order valence-electron chi connectivity index (χ2n) is 5.15. The van der Waals surface area contributed by atoms with E-state index >= 15 is 0 Å². The SMILES string of the molecule is NC(=O)CSN1CN2C=CC=C(CCc3ccccc3)C2=N1. The van der Waals surface area contributed by atoms with Crippen LogP contribution in [-0.4, -0.2) is 33.5 Å². The second kappa shape index (κ2) is 6.70. The molecular formula is C16H18N4OS. The fourth-order valence-electron chi connectivity index (χ4n) is 2.42. The number of carbonyl (C=O) groups is 1. The van der Waals surface area contributed by atoms with Gasteiger partial charge in [-0.15, -0.1) is 5.10 Å². The van der Waals surface area contributed by atoms with E-state index in [0.717, 1.165) is 18.7 Å². The fraction of sp³-hybridized carbons (Fsp3) is 0.250. The summed E-state index contributed by atoms with van der Waals surface area (Å²) in [6.45, 7) is 0.645. The third-order valence-corrected chi connectivity index (χ3v) is 4.39. The molecule has 0 unspecified atom stereocenters. The largest absolute Gasteiger partial charge is 0.369 e. The molecule has 1 aromatic carbocycles. The van der Waals surface area contributed by atoms with Gasteiger partial charge in [-0.25, -0.2) is 4.41 Å². The van der Waals surface area contributed by atoms with Crippen LogP contribution in [0.25, 0.3) is 0 Å². The lowest BCUT2D eigenvalue weighted by molar-refractivity contribution is -0.115. The molecule has 0 radical (unpaired) electrons. The zero-order chi connectivity index (χ0) is 15.4. The van der Waals surface area contributed by atoms with Crippen molar-refractivity contribution in [3.05, 3.63) is 59.8 Å². The molecule has 2 heterocycles. The van der Waals surface area contributed by atoms with Crippen molar-refractivity contribution in [1.29, 1.82) is 0 Å². The molecule has 2 aliphatic heterocycles. The minimum atomic E-state index is -0.328. The monoisotopic (exact) mass is 314 g/mol. The van der Waals surface area contributed by atoms with Crippen molar-refractivity contribution in [2.24, 2.45) is 10.8 Å². The third-order valence-electron chi connectivity index (χ3n) is 3.48. The van der Waals surface area contributed by atoms with Crippen LogP contribution in [0.4, 0.5) is 0 Å². The quantitative estimate of drug-likeness (QED) is 0.817. The van der Waals surface area contributed by atoms with E-state index in [2.05, 4.69) is 40.3 Å². The number of allylic oxidation sites excluding steroid dienone is 2. The first-order chi connectivity index (χ1) is 10.7. The predicted molar refractivity (Wildman–Crippen MR) is 89.6 cm³/mol. The number of primary amides is 1. The van der Waals surface area contributed by atoms with E-state index in [9.17, 15) is 4.79 Å². The molecule has 0 saturated carbocycles. The first-order valence-electron chi connectivity index (χ1n) is 7.18. The second-order valence-corrected chi connectivity index (χ2v) is 6.11. The lowest BCUT2D eigenvalue weighted by Crippen LogP contribution is -2.27. The average Bonchev–Trinajstić information content (AvgIpc) is 2.95. The number of amidine groups is 1. The molecule has 114 valence electrons. The molecule has 0 aliphatic carbocycles. The highest BCUT2D eigenvalue weighted by Gasteiger charge is 2.26. The Labute approximate surface area is 134 Å². The first kappa shape index (κ1) is 14.7. The first-order valence-corrected chi connectivity index (χ1v) is 8.12. The smallest absolute Gasteiger partial charge is 0.229 e. The average molecular weight is 314 g/mol. The van der Waals surface area contributed by atoms with Crippen molar-refractivity contribution in [2.75, 3.05) is 12.4 Å². The van der Waals surface area contributed by atoms with Crippen LogP contribution in [0.2, 0.25) is 0 Å². The number of hydrogen-bond acceptors (Lipinski definition) is 5. The maximum atomic E-state index is 10.9. The summed E-state index contributed by atoms with van der Waals surface area (Å²) in [5.41, 5.74) is 7.72. The van der Waals surface area contributed by atoms with Crippen LogP contribution in [0.5, 0.6) is 0 Å². The van der Waals surface area contributed by atoms with E-state index in [0.29, 0.717) is 6.67 Å². The fourth-order valence-corrected chi connectivity index (χ4v) is 3.04. The van der Waals surface area contributed by atoms with Gasteiger partial charge in [0.1, 0.15) is 6.67 Å². The van der Waals surface area contributed by atoms with Crippen LogP contribution in [0.3, 0.4) is 0 Å². The van der Waals surface area contributed by atoms with E-state index < -0.39 is 0 Å². The van der Waals surface area contributed by atoms with Crippen LogP contribution < -0.4 is 5.73 Å². The molecule has 2 aliphatic rings. The van der Waals surface area contributed by atoms with Gasteiger partial charge in [0.05, 0.1) is 5.75 Å². The van der Waals surface area contributed by atoms with Crippen molar-refractivity contribution in [3.8, 4) is 0 Å². The summed E-state index contributed by atoms with van der Waals surface area (Å²) >= 11 is 1.34. The summed E-state index contributed by atoms with van der Waals surface area (Å²) in [5.74, 6) is 0.887. The maximum absolute atomic E-state index is 10.9. The van der Waals surface area contributed by atoms with Crippen molar-refractivity contribution in [1.82, 2.24) is 9.31 Å². The highest BCUT2D eigenvalue weighted by Crippen LogP contribution is 2.25. The van der Waals surface area contributed by atoms with E-state index in [1.807, 2.05) is 22.8 Å². The van der Waals surface area contributed by atoms with E-state index in [1.165, 1.54) is 23.1 Å². The number of hydrazone groups is 1. The molecule has 0 atom stereocenters. The number of fused-ring (bicyclic) bond motifs is 1. The van der Waals surface area contributed by atoms with Gasteiger partial charge in [-0.1, -0.05) is 36.4 Å². The number of nitrogens with two attached hydrogens (primary N) is 1. The topological polar surface area (TPSA) is 61.9 Å². The van der Waals surface area contributed by atoms with Crippen molar-refractivity contribution < 1.29 is 4.79 Å². The van der Waals surface area contributed by atoms with Gasteiger partial charge >= 0.3 is 0 Å². The summed E-state index contributed by atoms with van der Waals surface area (Å²) in [4.78, 5) is 13.0.